The molecule has 2 heterocycles. The fourth-order valence-corrected chi connectivity index (χ4v) is 3.71. The number of aromatic nitrogens is 2. The van der Waals surface area contributed by atoms with Crippen molar-refractivity contribution in [1.29, 1.82) is 0 Å². The molecule has 1 aliphatic rings. The molecule has 1 aromatic carbocycles. The number of hydrogen-bond acceptors (Lipinski definition) is 3. The lowest BCUT2D eigenvalue weighted by Crippen LogP contribution is -2.16. The SMILES string of the molecule is O=C(C[C@@H]1C=CCC1)Nc1c(-c2ccc(F)cc2)nc2sccn12. The molecule has 3 aromatic rings. The van der Waals surface area contributed by atoms with Gasteiger partial charge in [-0.2, -0.15) is 0 Å². The molecule has 1 N–H and O–H groups in total. The molecule has 0 spiro atoms. The van der Waals surface area contributed by atoms with E-state index >= 15 is 0 Å². The van der Waals surface area contributed by atoms with Crippen LogP contribution in [0.15, 0.2) is 48.0 Å². The van der Waals surface area contributed by atoms with Gasteiger partial charge in [0.25, 0.3) is 0 Å². The van der Waals surface area contributed by atoms with Crippen LogP contribution in [-0.4, -0.2) is 15.3 Å². The van der Waals surface area contributed by atoms with Crippen LogP contribution in [0.25, 0.3) is 16.2 Å². The van der Waals surface area contributed by atoms with Crippen LogP contribution in [0.5, 0.6) is 0 Å². The van der Waals surface area contributed by atoms with Crippen molar-refractivity contribution in [3.8, 4) is 11.3 Å². The van der Waals surface area contributed by atoms with E-state index in [4.69, 9.17) is 0 Å². The Balaban J connectivity index is 1.66. The highest BCUT2D eigenvalue weighted by atomic mass is 32.1. The number of halogens is 1. The predicted octanol–water partition coefficient (Wildman–Crippen LogP) is 4.50. The summed E-state index contributed by atoms with van der Waals surface area (Å²) in [6.07, 6.45) is 8.65. The Labute approximate surface area is 142 Å². The first kappa shape index (κ1) is 15.1. The summed E-state index contributed by atoms with van der Waals surface area (Å²) >= 11 is 1.50. The van der Waals surface area contributed by atoms with Gasteiger partial charge in [-0.25, -0.2) is 9.37 Å². The third kappa shape index (κ3) is 2.85. The molecule has 1 atom stereocenters. The second-order valence-electron chi connectivity index (χ2n) is 5.89. The number of rotatable bonds is 4. The summed E-state index contributed by atoms with van der Waals surface area (Å²) in [5.74, 6) is 0.635. The summed E-state index contributed by atoms with van der Waals surface area (Å²) < 4.78 is 15.1. The van der Waals surface area contributed by atoms with E-state index in [9.17, 15) is 9.18 Å². The van der Waals surface area contributed by atoms with Crippen LogP contribution in [0.3, 0.4) is 0 Å². The van der Waals surface area contributed by atoms with E-state index in [0.717, 1.165) is 23.4 Å². The molecule has 122 valence electrons. The molecule has 0 unspecified atom stereocenters. The van der Waals surface area contributed by atoms with Gasteiger partial charge in [-0.05, 0) is 43.0 Å². The number of nitrogens with one attached hydrogen (secondary N) is 1. The lowest BCUT2D eigenvalue weighted by Gasteiger charge is -2.10. The zero-order valence-corrected chi connectivity index (χ0v) is 13.7. The fraction of sp³-hybridized carbons (Fsp3) is 0.222. The maximum Gasteiger partial charge on any atom is 0.226 e. The van der Waals surface area contributed by atoms with Crippen molar-refractivity contribution in [3.05, 3.63) is 53.8 Å². The Morgan fingerprint density at radius 3 is 2.96 bits per heavy atom. The number of hydrogen-bond donors (Lipinski definition) is 1. The Kier molecular flexibility index (Phi) is 3.90. The van der Waals surface area contributed by atoms with Gasteiger partial charge >= 0.3 is 0 Å². The summed E-state index contributed by atoms with van der Waals surface area (Å²) in [4.78, 5) is 17.8. The molecule has 2 aromatic heterocycles. The first-order valence-corrected chi connectivity index (χ1v) is 8.76. The van der Waals surface area contributed by atoms with Gasteiger partial charge in [-0.15, -0.1) is 11.3 Å². The largest absolute Gasteiger partial charge is 0.310 e. The van der Waals surface area contributed by atoms with Gasteiger partial charge < -0.3 is 5.32 Å². The van der Waals surface area contributed by atoms with Gasteiger partial charge in [-0.1, -0.05) is 12.2 Å². The lowest BCUT2D eigenvalue weighted by atomic mass is 10.1. The minimum Gasteiger partial charge on any atom is -0.310 e. The van der Waals surface area contributed by atoms with Crippen molar-refractivity contribution >= 4 is 28.0 Å². The first-order valence-electron chi connectivity index (χ1n) is 7.89. The second-order valence-corrected chi connectivity index (χ2v) is 6.76. The highest BCUT2D eigenvalue weighted by molar-refractivity contribution is 7.15. The average molecular weight is 341 g/mol. The minimum absolute atomic E-state index is 0.0251. The zero-order valence-electron chi connectivity index (χ0n) is 12.9. The monoisotopic (exact) mass is 341 g/mol. The molecule has 1 aliphatic carbocycles. The number of allylic oxidation sites excluding steroid dienone is 2. The number of nitrogens with zero attached hydrogens (tertiary/aromatic N) is 2. The molecule has 1 amide bonds. The molecule has 0 radical (unpaired) electrons. The third-order valence-electron chi connectivity index (χ3n) is 4.20. The van der Waals surface area contributed by atoms with Crippen molar-refractivity contribution in [3.63, 3.8) is 0 Å². The van der Waals surface area contributed by atoms with Crippen LogP contribution in [0, 0.1) is 11.7 Å². The van der Waals surface area contributed by atoms with Gasteiger partial charge in [-0.3, -0.25) is 9.20 Å². The molecule has 0 aliphatic heterocycles. The van der Waals surface area contributed by atoms with E-state index in [2.05, 4.69) is 22.5 Å². The molecule has 0 saturated heterocycles. The number of carbonyl (C=O) groups excluding carboxylic acids is 1. The van der Waals surface area contributed by atoms with Crippen LogP contribution in [-0.2, 0) is 4.79 Å². The summed E-state index contributed by atoms with van der Waals surface area (Å²) in [6, 6.07) is 6.16. The van der Waals surface area contributed by atoms with E-state index in [0.29, 0.717) is 23.9 Å². The zero-order chi connectivity index (χ0) is 16.5. The van der Waals surface area contributed by atoms with E-state index < -0.39 is 0 Å². The molecule has 4 nitrogen and oxygen atoms in total. The number of thiazole rings is 1. The van der Waals surface area contributed by atoms with E-state index in [-0.39, 0.29) is 11.7 Å². The molecule has 0 fully saturated rings. The van der Waals surface area contributed by atoms with Crippen LogP contribution >= 0.6 is 11.3 Å². The van der Waals surface area contributed by atoms with Crippen molar-refractivity contribution in [2.45, 2.75) is 19.3 Å². The average Bonchev–Trinajstić information content (AvgIpc) is 3.27. The van der Waals surface area contributed by atoms with Crippen molar-refractivity contribution in [1.82, 2.24) is 9.38 Å². The molecular formula is C18H16FN3OS. The Morgan fingerprint density at radius 2 is 2.21 bits per heavy atom. The Hall–Kier alpha value is -2.47. The van der Waals surface area contributed by atoms with Gasteiger partial charge in [0.1, 0.15) is 17.3 Å². The topological polar surface area (TPSA) is 46.4 Å². The summed E-state index contributed by atoms with van der Waals surface area (Å²) in [6.45, 7) is 0. The highest BCUT2D eigenvalue weighted by Crippen LogP contribution is 2.31. The third-order valence-corrected chi connectivity index (χ3v) is 4.95. The fourth-order valence-electron chi connectivity index (χ4n) is 3.00. The van der Waals surface area contributed by atoms with Crippen LogP contribution in [0.2, 0.25) is 0 Å². The van der Waals surface area contributed by atoms with Gasteiger partial charge in [0.15, 0.2) is 4.96 Å². The minimum atomic E-state index is -0.293. The van der Waals surface area contributed by atoms with Gasteiger partial charge in [0.2, 0.25) is 5.91 Å². The molecule has 6 heteroatoms. The summed E-state index contributed by atoms with van der Waals surface area (Å²) in [5, 5.41) is 4.92. The van der Waals surface area contributed by atoms with Gasteiger partial charge in [0, 0.05) is 23.6 Å². The number of amides is 1. The number of imidazole rings is 1. The standard InChI is InChI=1S/C18H16FN3OS/c19-14-7-5-13(6-8-14)16-17(22-9-10-24-18(22)21-16)20-15(23)11-12-3-1-2-4-12/h1,3,5-10,12H,2,4,11H2,(H,20,23)/t12-/m1/s1. The van der Waals surface area contributed by atoms with Crippen LogP contribution in [0.4, 0.5) is 10.2 Å². The first-order chi connectivity index (χ1) is 11.7. The van der Waals surface area contributed by atoms with Crippen molar-refractivity contribution in [2.75, 3.05) is 5.32 Å². The normalized spacial score (nSPS) is 16.8. The summed E-state index contributed by atoms with van der Waals surface area (Å²) in [5.41, 5.74) is 1.44. The van der Waals surface area contributed by atoms with Crippen molar-refractivity contribution < 1.29 is 9.18 Å². The quantitative estimate of drug-likeness (QED) is 0.710. The molecular weight excluding hydrogens is 325 g/mol. The Morgan fingerprint density at radius 1 is 1.38 bits per heavy atom. The summed E-state index contributed by atoms with van der Waals surface area (Å²) in [7, 11) is 0. The van der Waals surface area contributed by atoms with Gasteiger partial charge in [0.05, 0.1) is 0 Å². The number of fused-ring (bicyclic) bond motifs is 1. The number of carbonyl (C=O) groups is 1. The Bertz CT molecular complexity index is 910. The van der Waals surface area contributed by atoms with E-state index in [1.165, 1.54) is 23.5 Å². The molecule has 0 saturated carbocycles. The van der Waals surface area contributed by atoms with Crippen molar-refractivity contribution in [2.24, 2.45) is 5.92 Å². The van der Waals surface area contributed by atoms with Crippen LogP contribution < -0.4 is 5.32 Å². The van der Waals surface area contributed by atoms with E-state index in [1.807, 2.05) is 16.0 Å². The number of benzene rings is 1. The molecule has 24 heavy (non-hydrogen) atoms. The van der Waals surface area contributed by atoms with E-state index in [1.54, 1.807) is 12.1 Å². The number of anilines is 1. The molecule has 4 rings (SSSR count). The maximum absolute atomic E-state index is 13.2. The maximum atomic E-state index is 13.2. The second kappa shape index (κ2) is 6.20. The van der Waals surface area contributed by atoms with Crippen LogP contribution in [0.1, 0.15) is 19.3 Å². The smallest absolute Gasteiger partial charge is 0.226 e. The lowest BCUT2D eigenvalue weighted by molar-refractivity contribution is -0.116. The highest BCUT2D eigenvalue weighted by Gasteiger charge is 2.19. The molecule has 0 bridgehead atoms. The predicted molar refractivity (Wildman–Crippen MR) is 93.6 cm³/mol.